The number of rotatable bonds is 7. The normalized spacial score (nSPS) is 11.9. The minimum atomic E-state index is -0.666. The number of carbonyl (C=O) groups excluding carboxylic acids is 2. The lowest BCUT2D eigenvalue weighted by atomic mass is 10.2. The van der Waals surface area contributed by atoms with Crippen LogP contribution in [0.15, 0.2) is 18.2 Å². The summed E-state index contributed by atoms with van der Waals surface area (Å²) in [6.45, 7) is 7.28. The predicted octanol–water partition coefficient (Wildman–Crippen LogP) is 2.87. The first-order chi connectivity index (χ1) is 10.3. The van der Waals surface area contributed by atoms with E-state index >= 15 is 0 Å². The topological polar surface area (TPSA) is 64.6 Å². The Balaban J connectivity index is 2.40. The van der Waals surface area contributed by atoms with Gasteiger partial charge in [-0.15, -0.1) is 0 Å². The van der Waals surface area contributed by atoms with Gasteiger partial charge in [-0.3, -0.25) is 9.59 Å². The number of amides is 1. The molecule has 0 aliphatic heterocycles. The number of hydrogen-bond donors (Lipinski definition) is 1. The van der Waals surface area contributed by atoms with Crippen molar-refractivity contribution in [2.45, 2.75) is 46.3 Å². The first-order valence-corrected chi connectivity index (χ1v) is 7.57. The van der Waals surface area contributed by atoms with Crippen LogP contribution < -0.4 is 10.1 Å². The van der Waals surface area contributed by atoms with Gasteiger partial charge in [-0.25, -0.2) is 0 Å². The highest BCUT2D eigenvalue weighted by molar-refractivity contribution is 6.30. The third-order valence-electron chi connectivity index (χ3n) is 2.81. The van der Waals surface area contributed by atoms with Crippen LogP contribution in [-0.4, -0.2) is 30.6 Å². The van der Waals surface area contributed by atoms with Crippen LogP contribution in [0.5, 0.6) is 5.75 Å². The second-order valence-electron chi connectivity index (χ2n) is 5.25. The first-order valence-electron chi connectivity index (χ1n) is 7.19. The molecule has 0 bridgehead atoms. The Morgan fingerprint density at radius 3 is 2.55 bits per heavy atom. The molecule has 0 saturated heterocycles. The standard InChI is InChI=1S/C16H22ClNO4/c1-10(2)21-15(19)7-8-18-16(20)12(4)22-14-6-5-13(17)9-11(14)3/h5-6,9-10,12H,7-8H2,1-4H3,(H,18,20). The Morgan fingerprint density at radius 1 is 1.27 bits per heavy atom. The van der Waals surface area contributed by atoms with Crippen molar-refractivity contribution in [1.82, 2.24) is 5.32 Å². The van der Waals surface area contributed by atoms with E-state index in [4.69, 9.17) is 21.1 Å². The second kappa shape index (κ2) is 8.63. The number of benzene rings is 1. The third-order valence-corrected chi connectivity index (χ3v) is 3.04. The molecule has 0 fully saturated rings. The monoisotopic (exact) mass is 327 g/mol. The van der Waals surface area contributed by atoms with Crippen molar-refractivity contribution in [2.75, 3.05) is 6.54 Å². The lowest BCUT2D eigenvalue weighted by Gasteiger charge is -2.16. The van der Waals surface area contributed by atoms with Crippen molar-refractivity contribution in [3.63, 3.8) is 0 Å². The number of halogens is 1. The number of nitrogens with one attached hydrogen (secondary N) is 1. The zero-order valence-corrected chi connectivity index (χ0v) is 14.1. The van der Waals surface area contributed by atoms with E-state index in [1.165, 1.54) is 0 Å². The Bertz CT molecular complexity index is 531. The fourth-order valence-corrected chi connectivity index (χ4v) is 1.97. The molecular weight excluding hydrogens is 306 g/mol. The van der Waals surface area contributed by atoms with E-state index in [1.54, 1.807) is 39.0 Å². The summed E-state index contributed by atoms with van der Waals surface area (Å²) in [4.78, 5) is 23.3. The third kappa shape index (κ3) is 6.35. The van der Waals surface area contributed by atoms with E-state index in [-0.39, 0.29) is 30.9 Å². The van der Waals surface area contributed by atoms with E-state index in [1.807, 2.05) is 6.92 Å². The summed E-state index contributed by atoms with van der Waals surface area (Å²) >= 11 is 5.87. The molecule has 0 heterocycles. The van der Waals surface area contributed by atoms with E-state index in [2.05, 4.69) is 5.32 Å². The number of esters is 1. The summed E-state index contributed by atoms with van der Waals surface area (Å²) in [6, 6.07) is 5.20. The maximum atomic E-state index is 11.9. The van der Waals surface area contributed by atoms with Crippen molar-refractivity contribution in [3.05, 3.63) is 28.8 Å². The molecule has 0 aliphatic rings. The fourth-order valence-electron chi connectivity index (χ4n) is 1.74. The molecule has 1 atom stereocenters. The molecule has 0 spiro atoms. The molecule has 0 saturated carbocycles. The predicted molar refractivity (Wildman–Crippen MR) is 85.1 cm³/mol. The van der Waals surface area contributed by atoms with Crippen molar-refractivity contribution in [1.29, 1.82) is 0 Å². The van der Waals surface area contributed by atoms with Gasteiger partial charge in [0.15, 0.2) is 6.10 Å². The van der Waals surface area contributed by atoms with Gasteiger partial charge in [-0.2, -0.15) is 0 Å². The summed E-state index contributed by atoms with van der Waals surface area (Å²) in [5.41, 5.74) is 0.854. The van der Waals surface area contributed by atoms with Crippen LogP contribution in [0.2, 0.25) is 5.02 Å². The SMILES string of the molecule is Cc1cc(Cl)ccc1OC(C)C(=O)NCCC(=O)OC(C)C. The van der Waals surface area contributed by atoms with Gasteiger partial charge in [0.05, 0.1) is 12.5 Å². The lowest BCUT2D eigenvalue weighted by Crippen LogP contribution is -2.37. The lowest BCUT2D eigenvalue weighted by molar-refractivity contribution is -0.147. The molecule has 5 nitrogen and oxygen atoms in total. The van der Waals surface area contributed by atoms with Gasteiger partial charge in [0.2, 0.25) is 0 Å². The van der Waals surface area contributed by atoms with Gasteiger partial charge in [-0.05, 0) is 51.5 Å². The van der Waals surface area contributed by atoms with Crippen molar-refractivity contribution >= 4 is 23.5 Å². The van der Waals surface area contributed by atoms with Crippen LogP contribution in [0.3, 0.4) is 0 Å². The molecule has 1 amide bonds. The first kappa shape index (κ1) is 18.3. The maximum Gasteiger partial charge on any atom is 0.307 e. The highest BCUT2D eigenvalue weighted by Gasteiger charge is 2.16. The highest BCUT2D eigenvalue weighted by Crippen LogP contribution is 2.22. The maximum absolute atomic E-state index is 11.9. The Hall–Kier alpha value is -1.75. The molecule has 1 N–H and O–H groups in total. The molecular formula is C16H22ClNO4. The van der Waals surface area contributed by atoms with Gasteiger partial charge >= 0.3 is 5.97 Å². The number of carbonyl (C=O) groups is 2. The smallest absolute Gasteiger partial charge is 0.307 e. The zero-order chi connectivity index (χ0) is 16.7. The molecule has 22 heavy (non-hydrogen) atoms. The fraction of sp³-hybridized carbons (Fsp3) is 0.500. The van der Waals surface area contributed by atoms with Crippen LogP contribution in [-0.2, 0) is 14.3 Å². The Kier molecular flexibility index (Phi) is 7.18. The largest absolute Gasteiger partial charge is 0.481 e. The Labute approximate surface area is 135 Å². The molecule has 6 heteroatoms. The van der Waals surface area contributed by atoms with Gasteiger partial charge in [-0.1, -0.05) is 11.6 Å². The van der Waals surface area contributed by atoms with Gasteiger partial charge in [0.25, 0.3) is 5.91 Å². The van der Waals surface area contributed by atoms with Gasteiger partial charge in [0, 0.05) is 11.6 Å². The van der Waals surface area contributed by atoms with E-state index in [9.17, 15) is 9.59 Å². The van der Waals surface area contributed by atoms with Crippen LogP contribution >= 0.6 is 11.6 Å². The summed E-state index contributed by atoms with van der Waals surface area (Å²) < 4.78 is 10.6. The molecule has 1 aromatic rings. The highest BCUT2D eigenvalue weighted by atomic mass is 35.5. The van der Waals surface area contributed by atoms with E-state index in [0.717, 1.165) is 5.56 Å². The van der Waals surface area contributed by atoms with Crippen molar-refractivity contribution in [2.24, 2.45) is 0 Å². The second-order valence-corrected chi connectivity index (χ2v) is 5.69. The summed E-state index contributed by atoms with van der Waals surface area (Å²) in [5.74, 6) is -0.0182. The number of hydrogen-bond acceptors (Lipinski definition) is 4. The van der Waals surface area contributed by atoms with Crippen LogP contribution in [0.1, 0.15) is 32.8 Å². The van der Waals surface area contributed by atoms with Crippen molar-refractivity contribution < 1.29 is 19.1 Å². The Morgan fingerprint density at radius 2 is 1.95 bits per heavy atom. The number of aryl methyl sites for hydroxylation is 1. The average molecular weight is 328 g/mol. The summed E-state index contributed by atoms with van der Waals surface area (Å²) in [5, 5.41) is 3.26. The van der Waals surface area contributed by atoms with E-state index in [0.29, 0.717) is 10.8 Å². The summed E-state index contributed by atoms with van der Waals surface area (Å²) in [7, 11) is 0. The quantitative estimate of drug-likeness (QED) is 0.782. The molecule has 0 aliphatic carbocycles. The molecule has 122 valence electrons. The summed E-state index contributed by atoms with van der Waals surface area (Å²) in [6.07, 6.45) is -0.685. The van der Waals surface area contributed by atoms with Crippen LogP contribution in [0.4, 0.5) is 0 Å². The zero-order valence-electron chi connectivity index (χ0n) is 13.3. The molecule has 1 rings (SSSR count). The molecule has 1 unspecified atom stereocenters. The van der Waals surface area contributed by atoms with Crippen LogP contribution in [0.25, 0.3) is 0 Å². The average Bonchev–Trinajstić information content (AvgIpc) is 2.40. The minimum Gasteiger partial charge on any atom is -0.481 e. The van der Waals surface area contributed by atoms with E-state index < -0.39 is 6.10 Å². The number of ether oxygens (including phenoxy) is 2. The van der Waals surface area contributed by atoms with Crippen LogP contribution in [0, 0.1) is 6.92 Å². The molecule has 0 radical (unpaired) electrons. The van der Waals surface area contributed by atoms with Crippen molar-refractivity contribution in [3.8, 4) is 5.75 Å². The molecule has 1 aromatic carbocycles. The minimum absolute atomic E-state index is 0.136. The van der Waals surface area contributed by atoms with Gasteiger partial charge < -0.3 is 14.8 Å². The van der Waals surface area contributed by atoms with Gasteiger partial charge in [0.1, 0.15) is 5.75 Å². The molecule has 0 aromatic heterocycles.